The second kappa shape index (κ2) is 9.04. The fourth-order valence-electron chi connectivity index (χ4n) is 3.20. The molecular weight excluding hydrogens is 434 g/mol. The molecule has 1 amide bonds. The van der Waals surface area contributed by atoms with Crippen LogP contribution in [0.25, 0.3) is 0 Å². The van der Waals surface area contributed by atoms with Gasteiger partial charge in [-0.15, -0.1) is 0 Å². The summed E-state index contributed by atoms with van der Waals surface area (Å²) in [6, 6.07) is 6.79. The molecule has 0 saturated carbocycles. The van der Waals surface area contributed by atoms with Crippen LogP contribution >= 0.6 is 0 Å². The van der Waals surface area contributed by atoms with Crippen molar-refractivity contribution in [2.75, 3.05) is 38.0 Å². The molecule has 166 valence electrons. The van der Waals surface area contributed by atoms with Gasteiger partial charge in [-0.2, -0.15) is 4.31 Å². The van der Waals surface area contributed by atoms with Crippen molar-refractivity contribution in [1.82, 2.24) is 9.21 Å². The standard InChI is InChI=1S/C19H20F2N4O5S/c1-13-2-3-14(10-18(13)25(27)28)22-19(26)12-23-6-8-24(9-7-23)31(29,30)15-4-5-16(20)17(21)11-15/h2-5,10-11H,6-9,12H2,1H3,(H,22,26). The predicted octanol–water partition coefficient (Wildman–Crippen LogP) is 2.13. The van der Waals surface area contributed by atoms with Crippen LogP contribution in [0.2, 0.25) is 0 Å². The molecule has 0 radical (unpaired) electrons. The lowest BCUT2D eigenvalue weighted by atomic mass is 10.2. The van der Waals surface area contributed by atoms with Gasteiger partial charge in [0.25, 0.3) is 5.69 Å². The van der Waals surface area contributed by atoms with Gasteiger partial charge in [0.1, 0.15) is 0 Å². The summed E-state index contributed by atoms with van der Waals surface area (Å²) < 4.78 is 52.9. The van der Waals surface area contributed by atoms with Crippen molar-refractivity contribution < 1.29 is 26.9 Å². The Bertz CT molecular complexity index is 1120. The summed E-state index contributed by atoms with van der Waals surface area (Å²) >= 11 is 0. The molecule has 2 aromatic carbocycles. The number of nitro groups is 1. The topological polar surface area (TPSA) is 113 Å². The zero-order valence-corrected chi connectivity index (χ0v) is 17.4. The molecule has 1 N–H and O–H groups in total. The number of piperazine rings is 1. The average molecular weight is 454 g/mol. The van der Waals surface area contributed by atoms with Gasteiger partial charge in [-0.05, 0) is 31.2 Å². The van der Waals surface area contributed by atoms with E-state index < -0.39 is 32.5 Å². The van der Waals surface area contributed by atoms with Gasteiger partial charge in [0.15, 0.2) is 11.6 Å². The molecule has 12 heteroatoms. The highest BCUT2D eigenvalue weighted by Gasteiger charge is 2.29. The van der Waals surface area contributed by atoms with Crippen LogP contribution in [0.15, 0.2) is 41.3 Å². The van der Waals surface area contributed by atoms with Crippen molar-refractivity contribution in [1.29, 1.82) is 0 Å². The molecule has 0 spiro atoms. The number of hydrogen-bond acceptors (Lipinski definition) is 6. The lowest BCUT2D eigenvalue weighted by molar-refractivity contribution is -0.385. The molecule has 1 heterocycles. The molecule has 9 nitrogen and oxygen atoms in total. The van der Waals surface area contributed by atoms with Crippen LogP contribution in [0.3, 0.4) is 0 Å². The lowest BCUT2D eigenvalue weighted by Gasteiger charge is -2.33. The molecule has 1 aliphatic rings. The number of sulfonamides is 1. The van der Waals surface area contributed by atoms with E-state index in [2.05, 4.69) is 5.32 Å². The molecule has 0 atom stereocenters. The molecule has 0 aliphatic carbocycles. The molecule has 0 unspecified atom stereocenters. The minimum atomic E-state index is -3.98. The normalized spacial score (nSPS) is 15.6. The summed E-state index contributed by atoms with van der Waals surface area (Å²) in [7, 11) is -3.98. The van der Waals surface area contributed by atoms with E-state index in [1.54, 1.807) is 17.9 Å². The van der Waals surface area contributed by atoms with Crippen molar-refractivity contribution in [3.63, 3.8) is 0 Å². The molecule has 31 heavy (non-hydrogen) atoms. The van der Waals surface area contributed by atoms with Crippen LogP contribution in [0.1, 0.15) is 5.56 Å². The van der Waals surface area contributed by atoms with Gasteiger partial charge in [0.2, 0.25) is 15.9 Å². The predicted molar refractivity (Wildman–Crippen MR) is 108 cm³/mol. The molecular formula is C19H20F2N4O5S. The first-order valence-corrected chi connectivity index (χ1v) is 10.7. The van der Waals surface area contributed by atoms with Crippen LogP contribution in [-0.4, -0.2) is 61.2 Å². The zero-order chi connectivity index (χ0) is 22.8. The Morgan fingerprint density at radius 2 is 1.77 bits per heavy atom. The van der Waals surface area contributed by atoms with E-state index in [-0.39, 0.29) is 43.3 Å². The third kappa shape index (κ3) is 5.21. The Morgan fingerprint density at radius 3 is 2.39 bits per heavy atom. The summed E-state index contributed by atoms with van der Waals surface area (Å²) in [5.41, 5.74) is 0.664. The highest BCUT2D eigenvalue weighted by atomic mass is 32.2. The monoisotopic (exact) mass is 454 g/mol. The van der Waals surface area contributed by atoms with Gasteiger partial charge in [0.05, 0.1) is 16.4 Å². The maximum absolute atomic E-state index is 13.4. The van der Waals surface area contributed by atoms with E-state index >= 15 is 0 Å². The van der Waals surface area contributed by atoms with Gasteiger partial charge in [-0.25, -0.2) is 17.2 Å². The number of nitro benzene ring substituents is 1. The van der Waals surface area contributed by atoms with Gasteiger partial charge in [-0.3, -0.25) is 19.8 Å². The molecule has 0 bridgehead atoms. The highest BCUT2D eigenvalue weighted by molar-refractivity contribution is 7.89. The second-order valence-corrected chi connectivity index (χ2v) is 9.00. The Balaban J connectivity index is 1.57. The number of nitrogens with zero attached hydrogens (tertiary/aromatic N) is 3. The van der Waals surface area contributed by atoms with Gasteiger partial charge in [-0.1, -0.05) is 6.07 Å². The van der Waals surface area contributed by atoms with E-state index in [1.165, 1.54) is 12.1 Å². The number of hydrogen-bond donors (Lipinski definition) is 1. The summed E-state index contributed by atoms with van der Waals surface area (Å²) in [4.78, 5) is 24.2. The van der Waals surface area contributed by atoms with Crippen molar-refractivity contribution in [3.8, 4) is 0 Å². The Labute approximate surface area is 177 Å². The van der Waals surface area contributed by atoms with E-state index in [4.69, 9.17) is 0 Å². The van der Waals surface area contributed by atoms with Crippen molar-refractivity contribution in [2.24, 2.45) is 0 Å². The molecule has 1 saturated heterocycles. The summed E-state index contributed by atoms with van der Waals surface area (Å²) in [6.07, 6.45) is 0. The maximum Gasteiger partial charge on any atom is 0.274 e. The lowest BCUT2D eigenvalue weighted by Crippen LogP contribution is -2.50. The van der Waals surface area contributed by atoms with Gasteiger partial charge >= 0.3 is 0 Å². The van der Waals surface area contributed by atoms with Crippen LogP contribution < -0.4 is 5.32 Å². The van der Waals surface area contributed by atoms with Crippen LogP contribution in [0.5, 0.6) is 0 Å². The van der Waals surface area contributed by atoms with Gasteiger partial charge in [0, 0.05) is 43.5 Å². The van der Waals surface area contributed by atoms with Crippen LogP contribution in [-0.2, 0) is 14.8 Å². The highest BCUT2D eigenvalue weighted by Crippen LogP contribution is 2.23. The zero-order valence-electron chi connectivity index (χ0n) is 16.5. The number of carbonyl (C=O) groups is 1. The van der Waals surface area contributed by atoms with Crippen molar-refractivity contribution >= 4 is 27.3 Å². The Morgan fingerprint density at radius 1 is 1.10 bits per heavy atom. The smallest absolute Gasteiger partial charge is 0.274 e. The van der Waals surface area contributed by atoms with Gasteiger partial charge < -0.3 is 5.32 Å². The fraction of sp³-hybridized carbons (Fsp3) is 0.316. The van der Waals surface area contributed by atoms with Crippen LogP contribution in [0.4, 0.5) is 20.2 Å². The second-order valence-electron chi connectivity index (χ2n) is 7.06. The third-order valence-electron chi connectivity index (χ3n) is 4.92. The maximum atomic E-state index is 13.4. The molecule has 0 aromatic heterocycles. The largest absolute Gasteiger partial charge is 0.325 e. The number of carbonyl (C=O) groups excluding carboxylic acids is 1. The number of nitrogens with one attached hydrogen (secondary N) is 1. The van der Waals surface area contributed by atoms with E-state index in [0.717, 1.165) is 16.4 Å². The minimum absolute atomic E-state index is 0.0270. The third-order valence-corrected chi connectivity index (χ3v) is 6.81. The van der Waals surface area contributed by atoms with E-state index in [0.29, 0.717) is 17.3 Å². The number of aryl methyl sites for hydroxylation is 1. The number of rotatable bonds is 6. The number of amides is 1. The van der Waals surface area contributed by atoms with E-state index in [1.807, 2.05) is 0 Å². The quantitative estimate of drug-likeness (QED) is 0.529. The van der Waals surface area contributed by atoms with E-state index in [9.17, 15) is 32.1 Å². The number of anilines is 1. The average Bonchev–Trinajstić information content (AvgIpc) is 2.71. The minimum Gasteiger partial charge on any atom is -0.325 e. The SMILES string of the molecule is Cc1ccc(NC(=O)CN2CCN(S(=O)(=O)c3ccc(F)c(F)c3)CC2)cc1[N+](=O)[O-]. The summed E-state index contributed by atoms with van der Waals surface area (Å²) in [6.45, 7) is 2.22. The first-order valence-electron chi connectivity index (χ1n) is 9.30. The number of benzene rings is 2. The fourth-order valence-corrected chi connectivity index (χ4v) is 4.64. The van der Waals surface area contributed by atoms with Crippen LogP contribution in [0, 0.1) is 28.7 Å². The molecule has 1 fully saturated rings. The number of halogens is 2. The Hall–Kier alpha value is -2.96. The summed E-state index contributed by atoms with van der Waals surface area (Å²) in [5, 5.41) is 13.6. The first kappa shape index (κ1) is 22.7. The molecule has 1 aliphatic heterocycles. The molecule has 2 aromatic rings. The first-order chi connectivity index (χ1) is 14.6. The Kier molecular flexibility index (Phi) is 6.62. The van der Waals surface area contributed by atoms with Crippen molar-refractivity contribution in [2.45, 2.75) is 11.8 Å². The molecule has 3 rings (SSSR count). The van der Waals surface area contributed by atoms with Crippen molar-refractivity contribution in [3.05, 3.63) is 63.7 Å². The summed E-state index contributed by atoms with van der Waals surface area (Å²) in [5.74, 6) is -2.77.